The van der Waals surface area contributed by atoms with Crippen LogP contribution in [0.25, 0.3) is 21.5 Å². The zero-order chi connectivity index (χ0) is 15.0. The van der Waals surface area contributed by atoms with Gasteiger partial charge in [0.15, 0.2) is 0 Å². The lowest BCUT2D eigenvalue weighted by Crippen LogP contribution is -2.04. The predicted octanol–water partition coefficient (Wildman–Crippen LogP) is 4.48. The van der Waals surface area contributed by atoms with Crippen LogP contribution in [0.3, 0.4) is 0 Å². The molecule has 0 saturated carbocycles. The van der Waals surface area contributed by atoms with Gasteiger partial charge in [0.25, 0.3) is 0 Å². The van der Waals surface area contributed by atoms with E-state index in [9.17, 15) is 4.79 Å². The Labute approximate surface area is 123 Å². The fourth-order valence-electron chi connectivity index (χ4n) is 2.71. The van der Waals surface area contributed by atoms with Gasteiger partial charge in [-0.15, -0.1) is 0 Å². The maximum atomic E-state index is 11.1. The third-order valence-corrected chi connectivity index (χ3v) is 3.92. The molecule has 0 saturated heterocycles. The second kappa shape index (κ2) is 5.06. The molecule has 0 spiro atoms. The molecule has 0 bridgehead atoms. The smallest absolute Gasteiger partial charge is 0.331 e. The predicted molar refractivity (Wildman–Crippen MR) is 86.7 cm³/mol. The van der Waals surface area contributed by atoms with Crippen molar-refractivity contribution in [2.45, 2.75) is 13.3 Å². The Morgan fingerprint density at radius 3 is 2.38 bits per heavy atom. The zero-order valence-corrected chi connectivity index (χ0v) is 11.9. The second-order valence-electron chi connectivity index (χ2n) is 5.37. The molecule has 0 aliphatic heterocycles. The number of carbonyl (C=O) groups is 1. The lowest BCUT2D eigenvalue weighted by Gasteiger charge is -2.12. The molecular formula is C19H16O2. The molecule has 1 N–H and O–H groups in total. The molecule has 104 valence electrons. The van der Waals surface area contributed by atoms with E-state index in [0.717, 1.165) is 27.3 Å². The van der Waals surface area contributed by atoms with Gasteiger partial charge in [-0.3, -0.25) is 0 Å². The van der Waals surface area contributed by atoms with Crippen LogP contribution in [0.4, 0.5) is 0 Å². The number of hydrogen-bond acceptors (Lipinski definition) is 1. The molecule has 2 heteroatoms. The number of aliphatic carboxylic acids is 1. The summed E-state index contributed by atoms with van der Waals surface area (Å²) in [5, 5.41) is 13.7. The summed E-state index contributed by atoms with van der Waals surface area (Å²) in [5.74, 6) is -0.938. The van der Waals surface area contributed by atoms with Crippen molar-refractivity contribution >= 4 is 27.5 Å². The van der Waals surface area contributed by atoms with Crippen molar-refractivity contribution in [1.82, 2.24) is 0 Å². The molecule has 0 radical (unpaired) electrons. The molecular weight excluding hydrogens is 260 g/mol. The minimum absolute atomic E-state index is 0.221. The van der Waals surface area contributed by atoms with Gasteiger partial charge >= 0.3 is 5.97 Å². The first-order chi connectivity index (χ1) is 10.1. The monoisotopic (exact) mass is 276 g/mol. The van der Waals surface area contributed by atoms with E-state index in [0.29, 0.717) is 6.42 Å². The standard InChI is InChI=1S/C19H16O2/c1-12-7-8-16-10-14-5-3-4-6-15(14)11-18(16)17(12)9-13(2)19(20)21/h3-8,10-11H,2,9H2,1H3,(H,20,21). The molecule has 0 unspecified atom stereocenters. The van der Waals surface area contributed by atoms with Gasteiger partial charge < -0.3 is 5.11 Å². The highest BCUT2D eigenvalue weighted by Crippen LogP contribution is 2.28. The van der Waals surface area contributed by atoms with Gasteiger partial charge in [-0.05, 0) is 51.7 Å². The third-order valence-electron chi connectivity index (χ3n) is 3.92. The summed E-state index contributed by atoms with van der Waals surface area (Å²) in [5.41, 5.74) is 2.37. The van der Waals surface area contributed by atoms with Crippen molar-refractivity contribution in [2.24, 2.45) is 0 Å². The Kier molecular flexibility index (Phi) is 3.22. The highest BCUT2D eigenvalue weighted by atomic mass is 16.4. The van der Waals surface area contributed by atoms with Gasteiger partial charge in [0.1, 0.15) is 0 Å². The molecule has 0 heterocycles. The van der Waals surface area contributed by atoms with E-state index in [4.69, 9.17) is 5.11 Å². The van der Waals surface area contributed by atoms with Crippen molar-refractivity contribution in [3.8, 4) is 0 Å². The van der Waals surface area contributed by atoms with Gasteiger partial charge in [-0.2, -0.15) is 0 Å². The number of fused-ring (bicyclic) bond motifs is 2. The minimum Gasteiger partial charge on any atom is -0.478 e. The third kappa shape index (κ3) is 2.40. The summed E-state index contributed by atoms with van der Waals surface area (Å²) in [6, 6.07) is 16.6. The van der Waals surface area contributed by atoms with E-state index < -0.39 is 5.97 Å². The molecule has 3 aromatic rings. The SMILES string of the molecule is C=C(Cc1c(C)ccc2cc3ccccc3cc12)C(=O)O. The molecule has 2 nitrogen and oxygen atoms in total. The first kappa shape index (κ1) is 13.4. The summed E-state index contributed by atoms with van der Waals surface area (Å²) in [7, 11) is 0. The van der Waals surface area contributed by atoms with E-state index in [2.05, 4.69) is 36.9 Å². The van der Waals surface area contributed by atoms with Crippen LogP contribution in [0.2, 0.25) is 0 Å². The molecule has 3 rings (SSSR count). The van der Waals surface area contributed by atoms with E-state index in [1.165, 1.54) is 5.39 Å². The zero-order valence-electron chi connectivity index (χ0n) is 11.9. The molecule has 3 aromatic carbocycles. The highest BCUT2D eigenvalue weighted by molar-refractivity contribution is 6.00. The molecule has 0 atom stereocenters. The minimum atomic E-state index is -0.938. The summed E-state index contributed by atoms with van der Waals surface area (Å²) in [4.78, 5) is 11.1. The van der Waals surface area contributed by atoms with Crippen LogP contribution in [0, 0.1) is 6.92 Å². The quantitative estimate of drug-likeness (QED) is 0.565. The van der Waals surface area contributed by atoms with E-state index >= 15 is 0 Å². The van der Waals surface area contributed by atoms with Gasteiger partial charge in [0.2, 0.25) is 0 Å². The fraction of sp³-hybridized carbons (Fsp3) is 0.105. The largest absolute Gasteiger partial charge is 0.478 e. The highest BCUT2D eigenvalue weighted by Gasteiger charge is 2.11. The number of benzene rings is 3. The molecule has 21 heavy (non-hydrogen) atoms. The Morgan fingerprint density at radius 1 is 1.05 bits per heavy atom. The molecule has 0 amide bonds. The van der Waals surface area contributed by atoms with Crippen LogP contribution in [0.5, 0.6) is 0 Å². The normalized spacial score (nSPS) is 10.9. The summed E-state index contributed by atoms with van der Waals surface area (Å²) >= 11 is 0. The maximum absolute atomic E-state index is 11.1. The molecule has 0 aromatic heterocycles. The van der Waals surface area contributed by atoms with Crippen LogP contribution in [-0.4, -0.2) is 11.1 Å². The first-order valence-electron chi connectivity index (χ1n) is 6.88. The van der Waals surface area contributed by atoms with Crippen LogP contribution >= 0.6 is 0 Å². The summed E-state index contributed by atoms with van der Waals surface area (Å²) in [6.07, 6.45) is 0.372. The van der Waals surface area contributed by atoms with Crippen LogP contribution in [-0.2, 0) is 11.2 Å². The Bertz CT molecular complexity index is 875. The number of hydrogen-bond donors (Lipinski definition) is 1. The number of rotatable bonds is 3. The topological polar surface area (TPSA) is 37.3 Å². The number of carboxylic acids is 1. The Morgan fingerprint density at radius 2 is 1.71 bits per heavy atom. The Hall–Kier alpha value is -2.61. The average Bonchev–Trinajstić information content (AvgIpc) is 2.48. The summed E-state index contributed by atoms with van der Waals surface area (Å²) in [6.45, 7) is 5.67. The maximum Gasteiger partial charge on any atom is 0.331 e. The van der Waals surface area contributed by atoms with Crippen LogP contribution in [0.1, 0.15) is 11.1 Å². The molecule has 0 aliphatic carbocycles. The lowest BCUT2D eigenvalue weighted by molar-refractivity contribution is -0.132. The van der Waals surface area contributed by atoms with E-state index in [1.54, 1.807) is 0 Å². The second-order valence-corrected chi connectivity index (χ2v) is 5.37. The first-order valence-corrected chi connectivity index (χ1v) is 6.88. The molecule has 0 fully saturated rings. The average molecular weight is 276 g/mol. The lowest BCUT2D eigenvalue weighted by atomic mass is 9.93. The van der Waals surface area contributed by atoms with Gasteiger partial charge in [0.05, 0.1) is 0 Å². The van der Waals surface area contributed by atoms with Gasteiger partial charge in [-0.1, -0.05) is 43.0 Å². The number of carboxylic acid groups (broad SMARTS) is 1. The van der Waals surface area contributed by atoms with Crippen LogP contribution < -0.4 is 0 Å². The van der Waals surface area contributed by atoms with Crippen molar-refractivity contribution in [3.63, 3.8) is 0 Å². The van der Waals surface area contributed by atoms with Crippen molar-refractivity contribution in [3.05, 3.63) is 71.8 Å². The number of aryl methyl sites for hydroxylation is 1. The molecule has 0 aliphatic rings. The van der Waals surface area contributed by atoms with Gasteiger partial charge in [0, 0.05) is 12.0 Å². The fourth-order valence-corrected chi connectivity index (χ4v) is 2.71. The van der Waals surface area contributed by atoms with Crippen molar-refractivity contribution < 1.29 is 9.90 Å². The van der Waals surface area contributed by atoms with E-state index in [1.807, 2.05) is 25.1 Å². The van der Waals surface area contributed by atoms with Crippen LogP contribution in [0.15, 0.2) is 60.7 Å². The van der Waals surface area contributed by atoms with Crippen molar-refractivity contribution in [2.75, 3.05) is 0 Å². The Balaban J connectivity index is 2.26. The van der Waals surface area contributed by atoms with E-state index in [-0.39, 0.29) is 5.57 Å². The van der Waals surface area contributed by atoms with Gasteiger partial charge in [-0.25, -0.2) is 4.79 Å². The van der Waals surface area contributed by atoms with Crippen molar-refractivity contribution in [1.29, 1.82) is 0 Å². The summed E-state index contributed by atoms with van der Waals surface area (Å²) < 4.78 is 0.